The van der Waals surface area contributed by atoms with E-state index in [1.807, 2.05) is 19.1 Å². The van der Waals surface area contributed by atoms with Crippen LogP contribution in [0.4, 0.5) is 0 Å². The van der Waals surface area contributed by atoms with Gasteiger partial charge in [0.15, 0.2) is 11.2 Å². The maximum absolute atomic E-state index is 12.7. The highest BCUT2D eigenvalue weighted by molar-refractivity contribution is 6.41. The van der Waals surface area contributed by atoms with Crippen LogP contribution in [0, 0.1) is 32.6 Å². The SMILES string of the molecule is Cc1cc(C)c(C(=O)C(=O)OC(C)(C)C#CC(C)(C)OC(=O)c2ccccc2)c(C)c1. The van der Waals surface area contributed by atoms with Crippen LogP contribution in [0.15, 0.2) is 42.5 Å². The van der Waals surface area contributed by atoms with E-state index in [0.717, 1.165) is 16.7 Å². The third-order valence-corrected chi connectivity index (χ3v) is 4.46. The number of ketones is 1. The lowest BCUT2D eigenvalue weighted by Crippen LogP contribution is -2.33. The number of carbonyl (C=O) groups excluding carboxylic acids is 3. The van der Waals surface area contributed by atoms with E-state index in [0.29, 0.717) is 11.1 Å². The third-order valence-electron chi connectivity index (χ3n) is 4.46. The standard InChI is InChI=1S/C26H28O5/c1-17-15-18(2)21(19(3)16-17)22(27)24(29)31-26(6,7)14-13-25(4,5)30-23(28)20-11-9-8-10-12-20/h8-12,15-16H,1-7H3. The van der Waals surface area contributed by atoms with E-state index in [9.17, 15) is 14.4 Å². The Labute approximate surface area is 183 Å². The smallest absolute Gasteiger partial charge is 0.381 e. The van der Waals surface area contributed by atoms with Crippen molar-refractivity contribution in [2.45, 2.75) is 59.7 Å². The van der Waals surface area contributed by atoms with E-state index in [1.54, 1.807) is 71.9 Å². The van der Waals surface area contributed by atoms with Gasteiger partial charge in [0.05, 0.1) is 5.56 Å². The van der Waals surface area contributed by atoms with Crippen LogP contribution in [0.1, 0.15) is 65.1 Å². The molecule has 0 spiro atoms. The number of ether oxygens (including phenoxy) is 2. The molecule has 0 aromatic heterocycles. The van der Waals surface area contributed by atoms with Gasteiger partial charge in [-0.1, -0.05) is 47.7 Å². The number of esters is 2. The van der Waals surface area contributed by atoms with Crippen molar-refractivity contribution >= 4 is 17.7 Å². The fourth-order valence-corrected chi connectivity index (χ4v) is 3.14. The van der Waals surface area contributed by atoms with E-state index in [4.69, 9.17) is 9.47 Å². The number of benzene rings is 2. The normalized spacial score (nSPS) is 11.2. The molecule has 0 aliphatic rings. The van der Waals surface area contributed by atoms with Crippen LogP contribution in [0.3, 0.4) is 0 Å². The van der Waals surface area contributed by atoms with Gasteiger partial charge >= 0.3 is 11.9 Å². The molecule has 0 aliphatic carbocycles. The Morgan fingerprint density at radius 2 is 1.26 bits per heavy atom. The highest BCUT2D eigenvalue weighted by Crippen LogP contribution is 2.20. The number of carbonyl (C=O) groups is 3. The first-order valence-corrected chi connectivity index (χ1v) is 9.99. The molecule has 2 rings (SSSR count). The van der Waals surface area contributed by atoms with Crippen molar-refractivity contribution in [2.75, 3.05) is 0 Å². The zero-order valence-corrected chi connectivity index (χ0v) is 19.1. The van der Waals surface area contributed by atoms with Crippen molar-refractivity contribution in [3.63, 3.8) is 0 Å². The number of aryl methyl sites for hydroxylation is 3. The molecule has 0 radical (unpaired) electrons. The van der Waals surface area contributed by atoms with Gasteiger partial charge in [-0.05, 0) is 71.7 Å². The maximum atomic E-state index is 12.7. The lowest BCUT2D eigenvalue weighted by atomic mass is 9.96. The molecule has 0 saturated carbocycles. The molecule has 0 unspecified atom stereocenters. The van der Waals surface area contributed by atoms with Gasteiger partial charge in [-0.3, -0.25) is 4.79 Å². The van der Waals surface area contributed by atoms with Crippen molar-refractivity contribution in [1.82, 2.24) is 0 Å². The minimum absolute atomic E-state index is 0.344. The second-order valence-corrected chi connectivity index (χ2v) is 8.52. The predicted molar refractivity (Wildman–Crippen MR) is 119 cm³/mol. The van der Waals surface area contributed by atoms with Gasteiger partial charge in [-0.2, -0.15) is 0 Å². The van der Waals surface area contributed by atoms with Crippen LogP contribution in [-0.4, -0.2) is 28.9 Å². The van der Waals surface area contributed by atoms with Gasteiger partial charge in [0.1, 0.15) is 0 Å². The van der Waals surface area contributed by atoms with Crippen molar-refractivity contribution in [1.29, 1.82) is 0 Å². The van der Waals surface area contributed by atoms with Crippen LogP contribution >= 0.6 is 0 Å². The van der Waals surface area contributed by atoms with Gasteiger partial charge < -0.3 is 9.47 Å². The number of Topliss-reactive ketones (excluding diaryl/α,β-unsaturated/α-hetero) is 1. The van der Waals surface area contributed by atoms with Crippen molar-refractivity contribution in [3.8, 4) is 11.8 Å². The summed E-state index contributed by atoms with van der Waals surface area (Å²) < 4.78 is 10.8. The first-order chi connectivity index (χ1) is 14.3. The van der Waals surface area contributed by atoms with E-state index < -0.39 is 28.9 Å². The summed E-state index contributed by atoms with van der Waals surface area (Å²) in [5, 5.41) is 0. The molecule has 162 valence electrons. The van der Waals surface area contributed by atoms with E-state index >= 15 is 0 Å². The van der Waals surface area contributed by atoms with Crippen LogP contribution in [0.5, 0.6) is 0 Å². The van der Waals surface area contributed by atoms with Gasteiger partial charge in [0, 0.05) is 5.56 Å². The molecule has 5 nitrogen and oxygen atoms in total. The Morgan fingerprint density at radius 1 is 0.774 bits per heavy atom. The molecule has 0 heterocycles. The van der Waals surface area contributed by atoms with Crippen molar-refractivity contribution in [2.24, 2.45) is 0 Å². The van der Waals surface area contributed by atoms with Gasteiger partial charge in [-0.25, -0.2) is 9.59 Å². The summed E-state index contributed by atoms with van der Waals surface area (Å²) >= 11 is 0. The van der Waals surface area contributed by atoms with Crippen molar-refractivity contribution in [3.05, 3.63) is 70.3 Å². The largest absolute Gasteiger partial charge is 0.443 e. The summed E-state index contributed by atoms with van der Waals surface area (Å²) in [5.41, 5.74) is 0.836. The summed E-state index contributed by atoms with van der Waals surface area (Å²) in [5.74, 6) is 3.45. The van der Waals surface area contributed by atoms with Crippen LogP contribution in [-0.2, 0) is 14.3 Å². The quantitative estimate of drug-likeness (QED) is 0.302. The molecular formula is C26H28O5. The Morgan fingerprint density at radius 3 is 1.77 bits per heavy atom. The zero-order valence-electron chi connectivity index (χ0n) is 19.1. The third kappa shape index (κ3) is 6.55. The van der Waals surface area contributed by atoms with E-state index in [2.05, 4.69) is 11.8 Å². The zero-order chi connectivity index (χ0) is 23.4. The first kappa shape index (κ1) is 23.9. The minimum atomic E-state index is -1.25. The molecule has 0 amide bonds. The highest BCUT2D eigenvalue weighted by atomic mass is 16.6. The molecule has 0 atom stereocenters. The molecule has 0 aliphatic heterocycles. The van der Waals surface area contributed by atoms with Gasteiger partial charge in [0.25, 0.3) is 5.78 Å². The summed E-state index contributed by atoms with van der Waals surface area (Å²) in [7, 11) is 0. The summed E-state index contributed by atoms with van der Waals surface area (Å²) in [6.07, 6.45) is 0. The number of hydrogen-bond acceptors (Lipinski definition) is 5. The second-order valence-electron chi connectivity index (χ2n) is 8.52. The molecule has 31 heavy (non-hydrogen) atoms. The molecule has 2 aromatic carbocycles. The Hall–Kier alpha value is -3.39. The number of hydrogen-bond donors (Lipinski definition) is 0. The predicted octanol–water partition coefficient (Wildman–Crippen LogP) is 4.76. The fraction of sp³-hybridized carbons (Fsp3) is 0.346. The molecule has 0 bridgehead atoms. The summed E-state index contributed by atoms with van der Waals surface area (Å²) in [4.78, 5) is 37.5. The second kappa shape index (κ2) is 9.18. The average Bonchev–Trinajstić information content (AvgIpc) is 2.66. The summed E-state index contributed by atoms with van der Waals surface area (Å²) in [6.45, 7) is 11.9. The molecular weight excluding hydrogens is 392 g/mol. The van der Waals surface area contributed by atoms with Crippen molar-refractivity contribution < 1.29 is 23.9 Å². The lowest BCUT2D eigenvalue weighted by molar-refractivity contribution is -0.145. The molecule has 0 N–H and O–H groups in total. The lowest BCUT2D eigenvalue weighted by Gasteiger charge is -2.22. The Kier molecular flexibility index (Phi) is 7.07. The molecule has 0 fully saturated rings. The average molecular weight is 421 g/mol. The van der Waals surface area contributed by atoms with Crippen LogP contribution in [0.2, 0.25) is 0 Å². The monoisotopic (exact) mass is 420 g/mol. The van der Waals surface area contributed by atoms with Gasteiger partial charge in [-0.15, -0.1) is 0 Å². The Balaban J connectivity index is 2.12. The molecule has 2 aromatic rings. The number of rotatable bonds is 5. The van der Waals surface area contributed by atoms with E-state index in [1.165, 1.54) is 0 Å². The minimum Gasteiger partial charge on any atom is -0.443 e. The molecule has 0 saturated heterocycles. The Bertz CT molecular complexity index is 1040. The topological polar surface area (TPSA) is 69.7 Å². The highest BCUT2D eigenvalue weighted by Gasteiger charge is 2.29. The van der Waals surface area contributed by atoms with Gasteiger partial charge in [0.2, 0.25) is 0 Å². The molecule has 5 heteroatoms. The first-order valence-electron chi connectivity index (χ1n) is 9.99. The van der Waals surface area contributed by atoms with E-state index in [-0.39, 0.29) is 0 Å². The summed E-state index contributed by atoms with van der Waals surface area (Å²) in [6, 6.07) is 12.3. The fourth-order valence-electron chi connectivity index (χ4n) is 3.14. The van der Waals surface area contributed by atoms with Crippen LogP contribution in [0.25, 0.3) is 0 Å². The van der Waals surface area contributed by atoms with Crippen LogP contribution < -0.4 is 0 Å². The maximum Gasteiger partial charge on any atom is 0.381 e.